The van der Waals surface area contributed by atoms with Crippen molar-refractivity contribution < 1.29 is 9.45 Å². The molecule has 106 valence electrons. The molecule has 0 aliphatic carbocycles. The number of hydrogen-bond donors (Lipinski definition) is 1. The Balaban J connectivity index is 2.32. The summed E-state index contributed by atoms with van der Waals surface area (Å²) in [6.45, 7) is 4.08. The highest BCUT2D eigenvalue weighted by atomic mass is 16.6. The lowest BCUT2D eigenvalue weighted by Crippen LogP contribution is -2.13. The smallest absolute Gasteiger partial charge is 0.280 e. The molecule has 2 rings (SSSR count). The second-order valence-corrected chi connectivity index (χ2v) is 4.97. The van der Waals surface area contributed by atoms with Gasteiger partial charge in [-0.3, -0.25) is 10.1 Å². The molecule has 2 aromatic rings. The second-order valence-electron chi connectivity index (χ2n) is 4.97. The normalized spacial score (nSPS) is 12.6. The lowest BCUT2D eigenvalue weighted by atomic mass is 10.0. The van der Waals surface area contributed by atoms with E-state index in [4.69, 9.17) is 10.3 Å². The predicted molar refractivity (Wildman–Crippen MR) is 72.8 cm³/mol. The minimum Gasteiger partial charge on any atom is -0.337 e. The fourth-order valence-electron chi connectivity index (χ4n) is 1.93. The van der Waals surface area contributed by atoms with Crippen LogP contribution in [0.4, 0.5) is 5.69 Å². The van der Waals surface area contributed by atoms with Gasteiger partial charge < -0.3 is 10.3 Å². The summed E-state index contributed by atoms with van der Waals surface area (Å²) in [7, 11) is 0. The van der Waals surface area contributed by atoms with Crippen LogP contribution in [0.2, 0.25) is 0 Å². The zero-order valence-corrected chi connectivity index (χ0v) is 11.3. The molecule has 0 unspecified atom stereocenters. The van der Waals surface area contributed by atoms with Crippen molar-refractivity contribution in [1.29, 1.82) is 0 Å². The number of nitrogens with zero attached hydrogens (tertiary/aromatic N) is 3. The van der Waals surface area contributed by atoms with E-state index in [0.717, 1.165) is 0 Å². The van der Waals surface area contributed by atoms with Crippen molar-refractivity contribution in [3.8, 4) is 11.4 Å². The Kier molecular flexibility index (Phi) is 4.09. The summed E-state index contributed by atoms with van der Waals surface area (Å²) in [6.07, 6.45) is 0.707. The summed E-state index contributed by atoms with van der Waals surface area (Å²) in [6, 6.07) is 5.90. The van der Waals surface area contributed by atoms with E-state index >= 15 is 0 Å². The van der Waals surface area contributed by atoms with Crippen LogP contribution in [0.1, 0.15) is 32.2 Å². The van der Waals surface area contributed by atoms with Crippen LogP contribution < -0.4 is 5.73 Å². The largest absolute Gasteiger partial charge is 0.337 e. The monoisotopic (exact) mass is 276 g/mol. The summed E-state index contributed by atoms with van der Waals surface area (Å²) < 4.78 is 5.11. The van der Waals surface area contributed by atoms with Crippen LogP contribution in [0.25, 0.3) is 11.4 Å². The highest BCUT2D eigenvalue weighted by Gasteiger charge is 2.21. The molecule has 7 heteroatoms. The molecule has 1 heterocycles. The first kappa shape index (κ1) is 14.1. The van der Waals surface area contributed by atoms with Gasteiger partial charge in [-0.05, 0) is 18.4 Å². The molecule has 0 spiro atoms. The van der Waals surface area contributed by atoms with Crippen LogP contribution in [0.3, 0.4) is 0 Å². The molecule has 0 bridgehead atoms. The maximum atomic E-state index is 11.0. The summed E-state index contributed by atoms with van der Waals surface area (Å²) in [5.41, 5.74) is 6.22. The molecule has 1 aromatic heterocycles. The molecule has 0 saturated carbocycles. The Morgan fingerprint density at radius 2 is 2.10 bits per heavy atom. The van der Waals surface area contributed by atoms with Crippen molar-refractivity contribution in [1.82, 2.24) is 10.1 Å². The molecule has 20 heavy (non-hydrogen) atoms. The maximum Gasteiger partial charge on any atom is 0.280 e. The highest BCUT2D eigenvalue weighted by molar-refractivity contribution is 5.67. The van der Waals surface area contributed by atoms with Gasteiger partial charge in [0.15, 0.2) is 0 Å². The number of nitro benzene ring substituents is 1. The standard InChI is InChI=1S/C13H16N4O3/c1-8(2)7-10(14)13-15-12(16-20-13)9-5-3-4-6-11(9)17(18)19/h3-6,8,10H,7,14H2,1-2H3/t10-/m0/s1. The number of benzene rings is 1. The van der Waals surface area contributed by atoms with E-state index in [2.05, 4.69) is 10.1 Å². The lowest BCUT2D eigenvalue weighted by Gasteiger charge is -2.08. The van der Waals surface area contributed by atoms with Gasteiger partial charge in [-0.1, -0.05) is 31.1 Å². The summed E-state index contributed by atoms with van der Waals surface area (Å²) in [4.78, 5) is 14.7. The van der Waals surface area contributed by atoms with Gasteiger partial charge in [-0.25, -0.2) is 0 Å². The predicted octanol–water partition coefficient (Wildman–Crippen LogP) is 2.69. The molecule has 0 radical (unpaired) electrons. The summed E-state index contributed by atoms with van der Waals surface area (Å²) in [5.74, 6) is 0.879. The van der Waals surface area contributed by atoms with E-state index in [-0.39, 0.29) is 17.6 Å². The fourth-order valence-corrected chi connectivity index (χ4v) is 1.93. The van der Waals surface area contributed by atoms with Gasteiger partial charge in [0.25, 0.3) is 5.69 Å². The third kappa shape index (κ3) is 3.00. The average Bonchev–Trinajstić information content (AvgIpc) is 2.87. The first-order chi connectivity index (χ1) is 9.49. The van der Waals surface area contributed by atoms with Crippen molar-refractivity contribution in [2.24, 2.45) is 11.7 Å². The third-order valence-electron chi connectivity index (χ3n) is 2.83. The average molecular weight is 276 g/mol. The van der Waals surface area contributed by atoms with Crippen LogP contribution in [0.5, 0.6) is 0 Å². The van der Waals surface area contributed by atoms with Crippen LogP contribution in [-0.4, -0.2) is 15.1 Å². The van der Waals surface area contributed by atoms with E-state index < -0.39 is 4.92 Å². The Hall–Kier alpha value is -2.28. The lowest BCUT2D eigenvalue weighted by molar-refractivity contribution is -0.384. The van der Waals surface area contributed by atoms with E-state index in [1.54, 1.807) is 18.2 Å². The van der Waals surface area contributed by atoms with E-state index in [9.17, 15) is 10.1 Å². The molecular weight excluding hydrogens is 260 g/mol. The van der Waals surface area contributed by atoms with Gasteiger partial charge in [0.2, 0.25) is 11.7 Å². The fraction of sp³-hybridized carbons (Fsp3) is 0.385. The number of para-hydroxylation sites is 1. The van der Waals surface area contributed by atoms with Gasteiger partial charge in [0.05, 0.1) is 11.0 Å². The number of nitro groups is 1. The zero-order chi connectivity index (χ0) is 14.7. The summed E-state index contributed by atoms with van der Waals surface area (Å²) >= 11 is 0. The Labute approximate surface area is 115 Å². The molecule has 1 atom stereocenters. The number of rotatable bonds is 5. The van der Waals surface area contributed by atoms with Crippen molar-refractivity contribution in [2.75, 3.05) is 0 Å². The quantitative estimate of drug-likeness (QED) is 0.664. The van der Waals surface area contributed by atoms with Crippen molar-refractivity contribution in [2.45, 2.75) is 26.3 Å². The van der Waals surface area contributed by atoms with E-state index in [0.29, 0.717) is 23.8 Å². The maximum absolute atomic E-state index is 11.0. The number of nitrogens with two attached hydrogens (primary N) is 1. The summed E-state index contributed by atoms with van der Waals surface area (Å²) in [5, 5.41) is 14.8. The van der Waals surface area contributed by atoms with Crippen LogP contribution in [-0.2, 0) is 0 Å². The Bertz CT molecular complexity index is 609. The van der Waals surface area contributed by atoms with Crippen molar-refractivity contribution in [3.63, 3.8) is 0 Å². The minimum atomic E-state index is -0.473. The molecule has 0 fully saturated rings. The SMILES string of the molecule is CC(C)C[C@H](N)c1nc(-c2ccccc2[N+](=O)[O-])no1. The van der Waals surface area contributed by atoms with Crippen LogP contribution in [0, 0.1) is 16.0 Å². The first-order valence-corrected chi connectivity index (χ1v) is 6.32. The van der Waals surface area contributed by atoms with Crippen molar-refractivity contribution >= 4 is 5.69 Å². The molecule has 1 aromatic carbocycles. The molecule has 0 aliphatic heterocycles. The molecule has 0 saturated heterocycles. The van der Waals surface area contributed by atoms with Gasteiger partial charge in [-0.2, -0.15) is 4.98 Å². The van der Waals surface area contributed by atoms with Crippen LogP contribution in [0.15, 0.2) is 28.8 Å². The molecular formula is C13H16N4O3. The Morgan fingerprint density at radius 3 is 2.75 bits per heavy atom. The number of aromatic nitrogens is 2. The minimum absolute atomic E-state index is 0.0581. The number of hydrogen-bond acceptors (Lipinski definition) is 6. The second kappa shape index (κ2) is 5.79. The van der Waals surface area contributed by atoms with E-state index in [1.165, 1.54) is 6.07 Å². The molecule has 2 N–H and O–H groups in total. The van der Waals surface area contributed by atoms with Crippen LogP contribution >= 0.6 is 0 Å². The highest BCUT2D eigenvalue weighted by Crippen LogP contribution is 2.28. The third-order valence-corrected chi connectivity index (χ3v) is 2.83. The Morgan fingerprint density at radius 1 is 1.40 bits per heavy atom. The van der Waals surface area contributed by atoms with E-state index in [1.807, 2.05) is 13.8 Å². The van der Waals surface area contributed by atoms with Gasteiger partial charge in [-0.15, -0.1) is 0 Å². The molecule has 0 amide bonds. The van der Waals surface area contributed by atoms with Gasteiger partial charge >= 0.3 is 0 Å². The first-order valence-electron chi connectivity index (χ1n) is 6.32. The van der Waals surface area contributed by atoms with Gasteiger partial charge in [0.1, 0.15) is 5.56 Å². The van der Waals surface area contributed by atoms with Gasteiger partial charge in [0, 0.05) is 6.07 Å². The van der Waals surface area contributed by atoms with Crippen molar-refractivity contribution in [3.05, 3.63) is 40.3 Å². The topological polar surface area (TPSA) is 108 Å². The zero-order valence-electron chi connectivity index (χ0n) is 11.3. The molecule has 7 nitrogen and oxygen atoms in total. The molecule has 0 aliphatic rings.